The molecule has 0 aromatic rings. The summed E-state index contributed by atoms with van der Waals surface area (Å²) in [6.45, 7) is 2.47. The van der Waals surface area contributed by atoms with Crippen LogP contribution in [0.3, 0.4) is 0 Å². The first kappa shape index (κ1) is 9.20. The van der Waals surface area contributed by atoms with Crippen LogP contribution in [0.4, 0.5) is 0 Å². The van der Waals surface area contributed by atoms with E-state index < -0.39 is 0 Å². The molecule has 0 spiro atoms. The van der Waals surface area contributed by atoms with Crippen LogP contribution in [0.25, 0.3) is 0 Å². The highest BCUT2D eigenvalue weighted by molar-refractivity contribution is 5.81. The lowest BCUT2D eigenvalue weighted by Gasteiger charge is -2.26. The number of rotatable bonds is 1. The summed E-state index contributed by atoms with van der Waals surface area (Å²) < 4.78 is 0. The Bertz CT molecular complexity index is 183. The molecule has 0 aromatic carbocycles. The van der Waals surface area contributed by atoms with Crippen molar-refractivity contribution in [3.63, 3.8) is 0 Å². The lowest BCUT2D eigenvalue weighted by atomic mass is 10.2. The van der Waals surface area contributed by atoms with E-state index in [1.807, 2.05) is 0 Å². The number of carbonyl (C=O) groups is 1. The molecule has 2 fully saturated rings. The Morgan fingerprint density at radius 3 is 2.31 bits per heavy atom. The molecule has 0 amide bonds. The molecule has 1 saturated heterocycles. The van der Waals surface area contributed by atoms with Crippen LogP contribution in [-0.4, -0.2) is 29.8 Å². The lowest BCUT2D eigenvalue weighted by molar-refractivity contribution is -0.117. The normalized spacial score (nSPS) is 32.0. The molecule has 1 aliphatic carbocycles. The Balaban J connectivity index is 1.87. The lowest BCUT2D eigenvalue weighted by Crippen LogP contribution is -2.34. The maximum atomic E-state index is 11.2. The van der Waals surface area contributed by atoms with Crippen molar-refractivity contribution in [1.82, 2.24) is 4.90 Å². The van der Waals surface area contributed by atoms with Crippen molar-refractivity contribution in [2.45, 2.75) is 51.0 Å². The Morgan fingerprint density at radius 2 is 1.77 bits per heavy atom. The summed E-state index contributed by atoms with van der Waals surface area (Å²) in [7, 11) is 0. The van der Waals surface area contributed by atoms with E-state index in [4.69, 9.17) is 0 Å². The van der Waals surface area contributed by atoms with Crippen molar-refractivity contribution in [3.8, 4) is 0 Å². The predicted octanol–water partition coefficient (Wildman–Crippen LogP) is 1.98. The second kappa shape index (κ2) is 4.23. The quantitative estimate of drug-likeness (QED) is 0.616. The van der Waals surface area contributed by atoms with Gasteiger partial charge in [0.2, 0.25) is 0 Å². The fraction of sp³-hybridized carbons (Fsp3) is 0.909. The number of ketones is 1. The zero-order valence-electron chi connectivity index (χ0n) is 8.30. The summed E-state index contributed by atoms with van der Waals surface area (Å²) in [5, 5.41) is 0. The molecular formula is C11H19NO. The molecule has 2 nitrogen and oxygen atoms in total. The third-order valence-corrected chi connectivity index (χ3v) is 3.38. The molecule has 74 valence electrons. The van der Waals surface area contributed by atoms with Crippen LogP contribution in [-0.2, 0) is 4.79 Å². The molecule has 0 bridgehead atoms. The van der Waals surface area contributed by atoms with Crippen LogP contribution < -0.4 is 0 Å². The standard InChI is InChI=1S/C11H19NO/c13-11-6-5-10(9-11)12-7-3-1-2-4-8-12/h10H,1-9H2. The predicted molar refractivity (Wildman–Crippen MR) is 52.7 cm³/mol. The average Bonchev–Trinajstić information content (AvgIpc) is 2.43. The highest BCUT2D eigenvalue weighted by atomic mass is 16.1. The van der Waals surface area contributed by atoms with E-state index in [0.717, 1.165) is 19.3 Å². The topological polar surface area (TPSA) is 20.3 Å². The van der Waals surface area contributed by atoms with Gasteiger partial charge in [0.05, 0.1) is 0 Å². The summed E-state index contributed by atoms with van der Waals surface area (Å²) in [5.41, 5.74) is 0. The number of hydrogen-bond acceptors (Lipinski definition) is 2. The Morgan fingerprint density at radius 1 is 1.08 bits per heavy atom. The van der Waals surface area contributed by atoms with Crippen molar-refractivity contribution in [1.29, 1.82) is 0 Å². The number of nitrogens with zero attached hydrogens (tertiary/aromatic N) is 1. The molecule has 1 heterocycles. The first-order chi connectivity index (χ1) is 6.36. The fourth-order valence-corrected chi connectivity index (χ4v) is 2.57. The monoisotopic (exact) mass is 181 g/mol. The molecule has 1 atom stereocenters. The Kier molecular flexibility index (Phi) is 2.99. The fourth-order valence-electron chi connectivity index (χ4n) is 2.57. The van der Waals surface area contributed by atoms with Crippen molar-refractivity contribution in [3.05, 3.63) is 0 Å². The summed E-state index contributed by atoms with van der Waals surface area (Å²) in [6, 6.07) is 0.602. The van der Waals surface area contributed by atoms with Crippen LogP contribution in [0.5, 0.6) is 0 Å². The molecule has 0 aromatic heterocycles. The van der Waals surface area contributed by atoms with Crippen LogP contribution in [0.2, 0.25) is 0 Å². The largest absolute Gasteiger partial charge is 0.300 e. The summed E-state index contributed by atoms with van der Waals surface area (Å²) in [6.07, 6.45) is 8.24. The molecule has 0 N–H and O–H groups in total. The third-order valence-electron chi connectivity index (χ3n) is 3.38. The van der Waals surface area contributed by atoms with E-state index in [0.29, 0.717) is 11.8 Å². The van der Waals surface area contributed by atoms with Gasteiger partial charge in [0.25, 0.3) is 0 Å². The molecule has 1 saturated carbocycles. The molecule has 1 aliphatic heterocycles. The van der Waals surface area contributed by atoms with Crippen molar-refractivity contribution < 1.29 is 4.79 Å². The highest BCUT2D eigenvalue weighted by Gasteiger charge is 2.27. The molecular weight excluding hydrogens is 162 g/mol. The number of carbonyl (C=O) groups excluding carboxylic acids is 1. The van der Waals surface area contributed by atoms with Gasteiger partial charge in [-0.2, -0.15) is 0 Å². The number of Topliss-reactive ketones (excluding diaryl/α,β-unsaturated/α-hetero) is 1. The van der Waals surface area contributed by atoms with Crippen LogP contribution in [0.15, 0.2) is 0 Å². The maximum absolute atomic E-state index is 11.2. The van der Waals surface area contributed by atoms with Crippen molar-refractivity contribution in [2.24, 2.45) is 0 Å². The minimum atomic E-state index is 0.481. The molecule has 2 heteroatoms. The van der Waals surface area contributed by atoms with Gasteiger partial charge < -0.3 is 0 Å². The van der Waals surface area contributed by atoms with Gasteiger partial charge in [-0.25, -0.2) is 0 Å². The van der Waals surface area contributed by atoms with Gasteiger partial charge >= 0.3 is 0 Å². The smallest absolute Gasteiger partial charge is 0.134 e. The second-order valence-electron chi connectivity index (χ2n) is 4.39. The van der Waals surface area contributed by atoms with Crippen LogP contribution in [0, 0.1) is 0 Å². The van der Waals surface area contributed by atoms with Gasteiger partial charge in [-0.05, 0) is 32.4 Å². The SMILES string of the molecule is O=C1CCC(N2CCCCCC2)C1. The van der Waals surface area contributed by atoms with Gasteiger partial charge in [0.1, 0.15) is 5.78 Å². The average molecular weight is 181 g/mol. The van der Waals surface area contributed by atoms with E-state index in [1.165, 1.54) is 38.8 Å². The van der Waals surface area contributed by atoms with E-state index in [1.54, 1.807) is 0 Å². The second-order valence-corrected chi connectivity index (χ2v) is 4.39. The Hall–Kier alpha value is -0.370. The van der Waals surface area contributed by atoms with Gasteiger partial charge in [-0.1, -0.05) is 12.8 Å². The zero-order chi connectivity index (χ0) is 9.10. The maximum Gasteiger partial charge on any atom is 0.134 e. The van der Waals surface area contributed by atoms with E-state index >= 15 is 0 Å². The number of likely N-dealkylation sites (tertiary alicyclic amines) is 1. The molecule has 13 heavy (non-hydrogen) atoms. The minimum absolute atomic E-state index is 0.481. The zero-order valence-corrected chi connectivity index (χ0v) is 8.30. The van der Waals surface area contributed by atoms with Crippen LogP contribution >= 0.6 is 0 Å². The molecule has 1 unspecified atom stereocenters. The molecule has 2 aliphatic rings. The molecule has 2 rings (SSSR count). The molecule has 0 radical (unpaired) electrons. The summed E-state index contributed by atoms with van der Waals surface area (Å²) >= 11 is 0. The Labute approximate surface area is 80.3 Å². The summed E-state index contributed by atoms with van der Waals surface area (Å²) in [5.74, 6) is 0.481. The third kappa shape index (κ3) is 2.31. The minimum Gasteiger partial charge on any atom is -0.300 e. The number of hydrogen-bond donors (Lipinski definition) is 0. The van der Waals surface area contributed by atoms with Gasteiger partial charge in [-0.3, -0.25) is 9.69 Å². The summed E-state index contributed by atoms with van der Waals surface area (Å²) in [4.78, 5) is 13.7. The van der Waals surface area contributed by atoms with Crippen molar-refractivity contribution >= 4 is 5.78 Å². The van der Waals surface area contributed by atoms with E-state index in [-0.39, 0.29) is 0 Å². The van der Waals surface area contributed by atoms with Gasteiger partial charge in [0, 0.05) is 18.9 Å². The van der Waals surface area contributed by atoms with Crippen LogP contribution in [0.1, 0.15) is 44.9 Å². The highest BCUT2D eigenvalue weighted by Crippen LogP contribution is 2.23. The first-order valence-electron chi connectivity index (χ1n) is 5.62. The van der Waals surface area contributed by atoms with E-state index in [9.17, 15) is 4.79 Å². The van der Waals surface area contributed by atoms with E-state index in [2.05, 4.69) is 4.90 Å². The van der Waals surface area contributed by atoms with Gasteiger partial charge in [-0.15, -0.1) is 0 Å². The van der Waals surface area contributed by atoms with Crippen molar-refractivity contribution in [2.75, 3.05) is 13.1 Å². The van der Waals surface area contributed by atoms with Gasteiger partial charge in [0.15, 0.2) is 0 Å². The first-order valence-corrected chi connectivity index (χ1v) is 5.62.